The summed E-state index contributed by atoms with van der Waals surface area (Å²) in [4.78, 5) is 11.8. The summed E-state index contributed by atoms with van der Waals surface area (Å²) in [5, 5.41) is 0. The fourth-order valence-corrected chi connectivity index (χ4v) is 4.58. The van der Waals surface area contributed by atoms with Gasteiger partial charge in [-0.1, -0.05) is 36.4 Å². The molecule has 30 heavy (non-hydrogen) atoms. The van der Waals surface area contributed by atoms with Crippen LogP contribution in [0.3, 0.4) is 0 Å². The van der Waals surface area contributed by atoms with E-state index in [2.05, 4.69) is 99.2 Å². The van der Waals surface area contributed by atoms with Crippen molar-refractivity contribution in [2.75, 3.05) is 24.7 Å². The number of hydrogen-bond acceptors (Lipinski definition) is 4. The summed E-state index contributed by atoms with van der Waals surface area (Å²) < 4.78 is 2.12. The number of benzene rings is 2. The van der Waals surface area contributed by atoms with Crippen LogP contribution in [0.5, 0.6) is 0 Å². The van der Waals surface area contributed by atoms with Gasteiger partial charge in [-0.2, -0.15) is 0 Å². The second kappa shape index (κ2) is 8.00. The van der Waals surface area contributed by atoms with Crippen LogP contribution >= 0.6 is 0 Å². The van der Waals surface area contributed by atoms with Crippen LogP contribution in [0, 0.1) is 6.92 Å². The lowest BCUT2D eigenvalue weighted by atomic mass is 10.00. The van der Waals surface area contributed by atoms with E-state index in [0.29, 0.717) is 6.04 Å². The summed E-state index contributed by atoms with van der Waals surface area (Å²) in [6.07, 6.45) is 9.59. The van der Waals surface area contributed by atoms with E-state index in [4.69, 9.17) is 0 Å². The predicted octanol–water partition coefficient (Wildman–Crippen LogP) is 4.22. The van der Waals surface area contributed by atoms with Gasteiger partial charge in [-0.25, -0.2) is 4.98 Å². The molecule has 2 aliphatic rings. The highest BCUT2D eigenvalue weighted by Crippen LogP contribution is 2.30. The summed E-state index contributed by atoms with van der Waals surface area (Å²) in [5.41, 5.74) is 5.15. The predicted molar refractivity (Wildman–Crippen MR) is 122 cm³/mol. The summed E-state index contributed by atoms with van der Waals surface area (Å²) in [6.45, 7) is 6.28. The third-order valence-electron chi connectivity index (χ3n) is 6.38. The van der Waals surface area contributed by atoms with Gasteiger partial charge in [0.15, 0.2) is 0 Å². The van der Waals surface area contributed by atoms with E-state index in [1.165, 1.54) is 28.8 Å². The lowest BCUT2D eigenvalue weighted by molar-refractivity contribution is 0.261. The average molecular weight is 400 g/mol. The number of aryl methyl sites for hydroxylation is 2. The number of anilines is 1. The van der Waals surface area contributed by atoms with Crippen LogP contribution in [0.2, 0.25) is 0 Å². The van der Waals surface area contributed by atoms with E-state index in [1.54, 1.807) is 0 Å². The molecule has 5 rings (SSSR count). The van der Waals surface area contributed by atoms with Gasteiger partial charge in [0.1, 0.15) is 5.82 Å². The van der Waals surface area contributed by atoms with Crippen LogP contribution in [0.25, 0.3) is 11.1 Å². The zero-order valence-corrected chi connectivity index (χ0v) is 17.8. The van der Waals surface area contributed by atoms with Crippen LogP contribution in [0.4, 0.5) is 5.69 Å². The van der Waals surface area contributed by atoms with Gasteiger partial charge in [0.05, 0.1) is 13.2 Å². The van der Waals surface area contributed by atoms with Crippen molar-refractivity contribution < 1.29 is 0 Å². The average Bonchev–Trinajstić information content (AvgIpc) is 3.51. The highest BCUT2D eigenvalue weighted by Gasteiger charge is 2.29. The first-order chi connectivity index (χ1) is 14.7. The van der Waals surface area contributed by atoms with Crippen molar-refractivity contribution in [3.05, 3.63) is 84.7 Å². The van der Waals surface area contributed by atoms with Crippen LogP contribution in [-0.2, 0) is 13.6 Å². The zero-order valence-electron chi connectivity index (χ0n) is 17.8. The van der Waals surface area contributed by atoms with Crippen LogP contribution in [0.1, 0.15) is 17.8 Å². The maximum absolute atomic E-state index is 4.48. The molecule has 2 aromatic carbocycles. The maximum atomic E-state index is 4.48. The Bertz CT molecular complexity index is 1040. The van der Waals surface area contributed by atoms with Crippen molar-refractivity contribution in [2.24, 2.45) is 7.05 Å². The highest BCUT2D eigenvalue weighted by atomic mass is 15.4. The van der Waals surface area contributed by atoms with E-state index < -0.39 is 0 Å². The molecule has 0 unspecified atom stereocenters. The molecule has 2 aliphatic heterocycles. The third kappa shape index (κ3) is 3.73. The summed E-state index contributed by atoms with van der Waals surface area (Å²) in [7, 11) is 2.07. The summed E-state index contributed by atoms with van der Waals surface area (Å²) in [6, 6.07) is 18.0. The topological polar surface area (TPSA) is 27.5 Å². The Hall–Kier alpha value is -3.05. The Balaban J connectivity index is 1.22. The maximum Gasteiger partial charge on any atom is 0.122 e. The molecule has 0 N–H and O–H groups in total. The lowest BCUT2D eigenvalue weighted by Crippen LogP contribution is -2.36. The molecule has 1 fully saturated rings. The Morgan fingerprint density at radius 1 is 1.07 bits per heavy atom. The normalized spacial score (nSPS) is 19.2. The van der Waals surface area contributed by atoms with Gasteiger partial charge in [0, 0.05) is 56.7 Å². The molecule has 0 saturated carbocycles. The fraction of sp³-hybridized carbons (Fsp3) is 0.320. The van der Waals surface area contributed by atoms with Gasteiger partial charge in [0.2, 0.25) is 0 Å². The van der Waals surface area contributed by atoms with Crippen LogP contribution in [-0.4, -0.2) is 45.2 Å². The van der Waals surface area contributed by atoms with Gasteiger partial charge in [-0.05, 0) is 42.2 Å². The summed E-state index contributed by atoms with van der Waals surface area (Å²) >= 11 is 0. The minimum absolute atomic E-state index is 0.566. The van der Waals surface area contributed by atoms with E-state index in [-0.39, 0.29) is 0 Å². The van der Waals surface area contributed by atoms with Crippen molar-refractivity contribution in [3.8, 4) is 11.1 Å². The molecule has 0 spiro atoms. The Kier molecular flexibility index (Phi) is 5.05. The van der Waals surface area contributed by atoms with Crippen molar-refractivity contribution in [3.63, 3.8) is 0 Å². The second-order valence-corrected chi connectivity index (χ2v) is 8.42. The molecule has 5 nitrogen and oxygen atoms in total. The van der Waals surface area contributed by atoms with Gasteiger partial charge in [0.25, 0.3) is 0 Å². The molecule has 1 saturated heterocycles. The molecule has 1 atom stereocenters. The molecule has 0 amide bonds. The second-order valence-electron chi connectivity index (χ2n) is 8.42. The quantitative estimate of drug-likeness (QED) is 0.642. The van der Waals surface area contributed by atoms with Crippen molar-refractivity contribution >= 4 is 5.69 Å². The third-order valence-corrected chi connectivity index (χ3v) is 6.38. The molecular formula is C25H29N5. The first kappa shape index (κ1) is 18.9. The van der Waals surface area contributed by atoms with Gasteiger partial charge in [-0.3, -0.25) is 4.90 Å². The lowest BCUT2D eigenvalue weighted by Gasteiger charge is -2.27. The van der Waals surface area contributed by atoms with E-state index in [1.807, 2.05) is 12.4 Å². The Morgan fingerprint density at radius 2 is 1.93 bits per heavy atom. The minimum atomic E-state index is 0.566. The van der Waals surface area contributed by atoms with Gasteiger partial charge >= 0.3 is 0 Å². The van der Waals surface area contributed by atoms with Crippen molar-refractivity contribution in [1.82, 2.24) is 19.4 Å². The van der Waals surface area contributed by atoms with Crippen molar-refractivity contribution in [2.45, 2.75) is 25.9 Å². The minimum Gasteiger partial charge on any atom is -0.354 e. The molecule has 154 valence electrons. The highest BCUT2D eigenvalue weighted by molar-refractivity contribution is 5.70. The molecule has 3 heterocycles. The first-order valence-corrected chi connectivity index (χ1v) is 10.7. The number of imidazole rings is 1. The molecule has 3 aromatic rings. The van der Waals surface area contributed by atoms with Crippen molar-refractivity contribution in [1.29, 1.82) is 0 Å². The van der Waals surface area contributed by atoms with Crippen LogP contribution < -0.4 is 4.90 Å². The molecule has 0 bridgehead atoms. The number of rotatable bonds is 5. The molecule has 1 aromatic heterocycles. The number of hydrogen-bond donors (Lipinski definition) is 0. The van der Waals surface area contributed by atoms with E-state index in [0.717, 1.165) is 32.1 Å². The number of aromatic nitrogens is 2. The van der Waals surface area contributed by atoms with E-state index in [9.17, 15) is 0 Å². The van der Waals surface area contributed by atoms with Crippen LogP contribution in [0.15, 0.2) is 73.3 Å². The monoisotopic (exact) mass is 399 g/mol. The van der Waals surface area contributed by atoms with E-state index >= 15 is 0 Å². The molecular weight excluding hydrogens is 370 g/mol. The first-order valence-electron chi connectivity index (χ1n) is 10.7. The fourth-order valence-electron chi connectivity index (χ4n) is 4.58. The van der Waals surface area contributed by atoms with Gasteiger partial charge in [-0.15, -0.1) is 0 Å². The standard InChI is InChI=1S/C25H29N5/c1-20-16-22(8-9-24(20)21-6-4-3-5-7-21)29-14-15-30(19-29)23-10-12-28(17-23)18-25-26-11-13-27(25)2/h3-9,11,13-16,23H,10,12,17-19H2,1-2H3/t23-/m0/s1. The molecule has 0 radical (unpaired) electrons. The van der Waals surface area contributed by atoms with Gasteiger partial charge < -0.3 is 14.4 Å². The smallest absolute Gasteiger partial charge is 0.122 e. The SMILES string of the molecule is Cc1cc(N2C=CN([C@H]3CCN(Cc4nccn4C)C3)C2)ccc1-c1ccccc1. The Morgan fingerprint density at radius 3 is 2.70 bits per heavy atom. The summed E-state index contributed by atoms with van der Waals surface area (Å²) in [5.74, 6) is 1.14. The Labute approximate surface area is 178 Å². The number of nitrogens with zero attached hydrogens (tertiary/aromatic N) is 5. The molecule has 5 heteroatoms. The molecule has 0 aliphatic carbocycles. The largest absolute Gasteiger partial charge is 0.354 e. The zero-order chi connectivity index (χ0) is 20.5. The number of likely N-dealkylation sites (tertiary alicyclic amines) is 1.